The van der Waals surface area contributed by atoms with Crippen LogP contribution >= 0.6 is 24.0 Å². The number of para-hydroxylation sites is 1. The summed E-state index contributed by atoms with van der Waals surface area (Å²) < 4.78 is 24.8. The molecule has 0 fully saturated rings. The minimum atomic E-state index is -0.388. The van der Waals surface area contributed by atoms with Crippen LogP contribution in [0.25, 0.3) is 0 Å². The Bertz CT molecular complexity index is 864. The summed E-state index contributed by atoms with van der Waals surface area (Å²) in [7, 11) is 5.05. The summed E-state index contributed by atoms with van der Waals surface area (Å²) in [5.74, 6) is 0.947. The fraction of sp³-hybridized carbons (Fsp3) is 0.364. The van der Waals surface area contributed by atoms with Gasteiger partial charge in [-0.1, -0.05) is 24.3 Å². The van der Waals surface area contributed by atoms with Crippen molar-refractivity contribution in [2.24, 2.45) is 4.99 Å². The van der Waals surface area contributed by atoms with Crippen LogP contribution in [0.4, 0.5) is 4.39 Å². The Morgan fingerprint density at radius 1 is 1.16 bits per heavy atom. The first-order valence-electron chi connectivity index (χ1n) is 9.66. The van der Waals surface area contributed by atoms with Gasteiger partial charge in [-0.15, -0.1) is 24.0 Å². The normalized spacial score (nSPS) is 11.7. The highest BCUT2D eigenvalue weighted by Crippen LogP contribution is 2.16. The van der Waals surface area contributed by atoms with E-state index in [1.54, 1.807) is 45.4 Å². The second-order valence-corrected chi connectivity index (χ2v) is 6.89. The molecule has 1 unspecified atom stereocenters. The average molecular weight is 544 g/mol. The van der Waals surface area contributed by atoms with Crippen molar-refractivity contribution in [2.75, 3.05) is 34.3 Å². The van der Waals surface area contributed by atoms with Gasteiger partial charge < -0.3 is 25.0 Å². The number of hydrogen-bond donors (Lipinski definition) is 2. The van der Waals surface area contributed by atoms with Crippen molar-refractivity contribution in [1.29, 1.82) is 0 Å². The van der Waals surface area contributed by atoms with Gasteiger partial charge in [0.1, 0.15) is 11.9 Å². The molecule has 9 heteroatoms. The van der Waals surface area contributed by atoms with E-state index in [4.69, 9.17) is 9.47 Å². The van der Waals surface area contributed by atoms with Gasteiger partial charge in [0.2, 0.25) is 0 Å². The van der Waals surface area contributed by atoms with Gasteiger partial charge in [-0.05, 0) is 36.8 Å². The lowest BCUT2D eigenvalue weighted by Gasteiger charge is -2.18. The van der Waals surface area contributed by atoms with Crippen molar-refractivity contribution >= 4 is 35.8 Å². The molecule has 170 valence electrons. The van der Waals surface area contributed by atoms with Gasteiger partial charge in [0.15, 0.2) is 24.1 Å². The van der Waals surface area contributed by atoms with Crippen LogP contribution in [0.2, 0.25) is 0 Å². The highest BCUT2D eigenvalue weighted by Gasteiger charge is 2.09. The molecule has 1 atom stereocenters. The van der Waals surface area contributed by atoms with E-state index in [1.165, 1.54) is 11.0 Å². The molecule has 0 aliphatic carbocycles. The Kier molecular flexibility index (Phi) is 11.7. The number of ether oxygens (including phenoxy) is 2. The highest BCUT2D eigenvalue weighted by molar-refractivity contribution is 14.0. The van der Waals surface area contributed by atoms with Gasteiger partial charge in [-0.2, -0.15) is 0 Å². The molecular weight excluding hydrogens is 514 g/mol. The number of amides is 1. The Balaban J connectivity index is 0.00000480. The van der Waals surface area contributed by atoms with E-state index in [0.717, 1.165) is 5.56 Å². The predicted octanol–water partition coefficient (Wildman–Crippen LogP) is 3.04. The monoisotopic (exact) mass is 544 g/mol. The van der Waals surface area contributed by atoms with Crippen molar-refractivity contribution in [3.05, 3.63) is 59.9 Å². The molecule has 0 bridgehead atoms. The molecule has 0 aliphatic heterocycles. The first-order valence-corrected chi connectivity index (χ1v) is 9.66. The van der Waals surface area contributed by atoms with Gasteiger partial charge in [0, 0.05) is 27.7 Å². The van der Waals surface area contributed by atoms with Gasteiger partial charge in [-0.3, -0.25) is 9.79 Å². The number of halogens is 2. The molecule has 31 heavy (non-hydrogen) atoms. The molecule has 1 amide bonds. The molecule has 2 N–H and O–H groups in total. The quantitative estimate of drug-likeness (QED) is 0.289. The van der Waals surface area contributed by atoms with E-state index in [9.17, 15) is 9.18 Å². The van der Waals surface area contributed by atoms with Gasteiger partial charge in [0.25, 0.3) is 5.91 Å². The van der Waals surface area contributed by atoms with E-state index < -0.39 is 0 Å². The summed E-state index contributed by atoms with van der Waals surface area (Å²) in [6, 6.07) is 13.8. The smallest absolute Gasteiger partial charge is 0.259 e. The number of aliphatic imine (C=N–C) groups is 1. The second-order valence-electron chi connectivity index (χ2n) is 6.89. The van der Waals surface area contributed by atoms with Crippen LogP contribution in [0.3, 0.4) is 0 Å². The number of rotatable bonds is 9. The third kappa shape index (κ3) is 9.41. The Morgan fingerprint density at radius 2 is 1.90 bits per heavy atom. The standard InChI is InChI=1S/C22H29FN4O3.HI/c1-16(30-20-11-6-5-10-19(20)23)13-25-22(24-2)26-14-17-8-7-9-18(12-17)29-15-21(28)27(3)4;/h5-12,16H,13-15H2,1-4H3,(H2,24,25,26);1H. The minimum absolute atomic E-state index is 0. The molecule has 0 aliphatic rings. The summed E-state index contributed by atoms with van der Waals surface area (Å²) in [6.07, 6.45) is -0.258. The van der Waals surface area contributed by atoms with Gasteiger partial charge >= 0.3 is 0 Å². The Labute approximate surface area is 200 Å². The highest BCUT2D eigenvalue weighted by atomic mass is 127. The maximum Gasteiger partial charge on any atom is 0.259 e. The van der Waals surface area contributed by atoms with Crippen molar-refractivity contribution in [3.8, 4) is 11.5 Å². The van der Waals surface area contributed by atoms with Crippen LogP contribution in [-0.2, 0) is 11.3 Å². The Hall–Kier alpha value is -2.56. The molecular formula is C22H30FIN4O3. The third-order valence-corrected chi connectivity index (χ3v) is 4.16. The summed E-state index contributed by atoms with van der Waals surface area (Å²) in [5.41, 5.74) is 0.975. The van der Waals surface area contributed by atoms with Crippen molar-refractivity contribution in [2.45, 2.75) is 19.6 Å². The van der Waals surface area contributed by atoms with Crippen LogP contribution in [0.1, 0.15) is 12.5 Å². The van der Waals surface area contributed by atoms with Crippen LogP contribution in [0.5, 0.6) is 11.5 Å². The third-order valence-electron chi connectivity index (χ3n) is 4.16. The minimum Gasteiger partial charge on any atom is -0.486 e. The molecule has 0 heterocycles. The second kappa shape index (κ2) is 13.7. The molecule has 7 nitrogen and oxygen atoms in total. The predicted molar refractivity (Wildman–Crippen MR) is 131 cm³/mol. The molecule has 2 rings (SSSR count). The molecule has 2 aromatic rings. The number of nitrogens with zero attached hydrogens (tertiary/aromatic N) is 2. The fourth-order valence-corrected chi connectivity index (χ4v) is 2.46. The first kappa shape index (κ1) is 26.5. The van der Waals surface area contributed by atoms with E-state index in [0.29, 0.717) is 24.8 Å². The summed E-state index contributed by atoms with van der Waals surface area (Å²) in [5, 5.41) is 6.36. The largest absolute Gasteiger partial charge is 0.486 e. The summed E-state index contributed by atoms with van der Waals surface area (Å²) in [6.45, 7) is 2.81. The van der Waals surface area contributed by atoms with E-state index in [-0.39, 0.29) is 54.2 Å². The lowest BCUT2D eigenvalue weighted by Crippen LogP contribution is -2.41. The maximum absolute atomic E-state index is 13.7. The van der Waals surface area contributed by atoms with E-state index in [2.05, 4.69) is 15.6 Å². The van der Waals surface area contributed by atoms with Crippen LogP contribution in [-0.4, -0.2) is 57.2 Å². The maximum atomic E-state index is 13.7. The van der Waals surface area contributed by atoms with Crippen LogP contribution in [0.15, 0.2) is 53.5 Å². The number of hydrogen-bond acceptors (Lipinski definition) is 4. The SMILES string of the molecule is CN=C(NCc1cccc(OCC(=O)N(C)C)c1)NCC(C)Oc1ccccc1F.I. The average Bonchev–Trinajstić information content (AvgIpc) is 2.74. The zero-order valence-electron chi connectivity index (χ0n) is 18.2. The van der Waals surface area contributed by atoms with Crippen molar-refractivity contribution in [3.63, 3.8) is 0 Å². The summed E-state index contributed by atoms with van der Waals surface area (Å²) in [4.78, 5) is 17.3. The molecule has 0 saturated carbocycles. The van der Waals surface area contributed by atoms with Crippen molar-refractivity contribution in [1.82, 2.24) is 15.5 Å². The van der Waals surface area contributed by atoms with Crippen molar-refractivity contribution < 1.29 is 18.7 Å². The Morgan fingerprint density at radius 3 is 2.58 bits per heavy atom. The molecule has 0 saturated heterocycles. The molecule has 2 aromatic carbocycles. The number of nitrogens with one attached hydrogen (secondary N) is 2. The van der Waals surface area contributed by atoms with Crippen LogP contribution in [0, 0.1) is 5.82 Å². The lowest BCUT2D eigenvalue weighted by atomic mass is 10.2. The first-order chi connectivity index (χ1) is 14.4. The van der Waals surface area contributed by atoms with Crippen LogP contribution < -0.4 is 20.1 Å². The molecule has 0 spiro atoms. The number of carbonyl (C=O) groups excluding carboxylic acids is 1. The van der Waals surface area contributed by atoms with Gasteiger partial charge in [0.05, 0.1) is 6.54 Å². The number of likely N-dealkylation sites (N-methyl/N-ethyl adjacent to an activating group) is 1. The zero-order chi connectivity index (χ0) is 21.9. The topological polar surface area (TPSA) is 75.2 Å². The van der Waals surface area contributed by atoms with Gasteiger partial charge in [-0.25, -0.2) is 4.39 Å². The number of carbonyl (C=O) groups is 1. The number of guanidine groups is 1. The lowest BCUT2D eigenvalue weighted by molar-refractivity contribution is -0.130. The number of benzene rings is 2. The molecule has 0 aromatic heterocycles. The fourth-order valence-electron chi connectivity index (χ4n) is 2.46. The summed E-state index contributed by atoms with van der Waals surface area (Å²) >= 11 is 0. The molecule has 0 radical (unpaired) electrons. The zero-order valence-corrected chi connectivity index (χ0v) is 20.6. The van der Waals surface area contributed by atoms with E-state index >= 15 is 0 Å². The van der Waals surface area contributed by atoms with E-state index in [1.807, 2.05) is 25.1 Å².